The highest BCUT2D eigenvalue weighted by molar-refractivity contribution is 5.75. The van der Waals surface area contributed by atoms with E-state index in [0.29, 0.717) is 18.9 Å². The Morgan fingerprint density at radius 1 is 1.45 bits per heavy atom. The fourth-order valence-electron chi connectivity index (χ4n) is 1.90. The van der Waals surface area contributed by atoms with Crippen molar-refractivity contribution in [1.82, 2.24) is 5.32 Å². The van der Waals surface area contributed by atoms with Crippen LogP contribution in [0.15, 0.2) is 24.3 Å². The maximum Gasteiger partial charge on any atom is 0.322 e. The van der Waals surface area contributed by atoms with Gasteiger partial charge in [-0.05, 0) is 17.9 Å². The summed E-state index contributed by atoms with van der Waals surface area (Å²) in [5.74, 6) is 0.0286. The summed E-state index contributed by atoms with van der Waals surface area (Å²) < 4.78 is 4.75. The number of nitro benzene ring substituents is 1. The zero-order valence-corrected chi connectivity index (χ0v) is 12.0. The van der Waals surface area contributed by atoms with Crippen LogP contribution in [-0.2, 0) is 16.1 Å². The second-order valence-corrected chi connectivity index (χ2v) is 5.01. The summed E-state index contributed by atoms with van der Waals surface area (Å²) in [4.78, 5) is 21.9. The third kappa shape index (κ3) is 4.97. The summed E-state index contributed by atoms with van der Waals surface area (Å²) in [5.41, 5.74) is 0.805. The summed E-state index contributed by atoms with van der Waals surface area (Å²) in [7, 11) is 1.35. The number of ether oxygens (including phenoxy) is 1. The Kier molecular flexibility index (Phi) is 6.11. The minimum Gasteiger partial charge on any atom is -0.468 e. The first kappa shape index (κ1) is 16.1. The molecule has 1 rings (SSSR count). The van der Waals surface area contributed by atoms with Crippen LogP contribution in [0, 0.1) is 16.0 Å². The SMILES string of the molecule is COC(=O)C(CC(C)C)NCc1cccc([N+](=O)[O-])c1. The molecule has 1 atom stereocenters. The molecule has 0 aliphatic carbocycles. The number of non-ortho nitro benzene ring substituents is 1. The quantitative estimate of drug-likeness (QED) is 0.470. The fraction of sp³-hybridized carbons (Fsp3) is 0.500. The van der Waals surface area contributed by atoms with Crippen molar-refractivity contribution in [3.8, 4) is 0 Å². The van der Waals surface area contributed by atoms with Crippen molar-refractivity contribution >= 4 is 11.7 Å². The van der Waals surface area contributed by atoms with E-state index in [-0.39, 0.29) is 11.7 Å². The molecule has 1 N–H and O–H groups in total. The normalized spacial score (nSPS) is 12.2. The Balaban J connectivity index is 2.69. The molecular formula is C14H20N2O4. The van der Waals surface area contributed by atoms with Crippen molar-refractivity contribution in [2.24, 2.45) is 5.92 Å². The molecule has 6 heteroatoms. The minimum absolute atomic E-state index is 0.0442. The van der Waals surface area contributed by atoms with Gasteiger partial charge in [0, 0.05) is 18.7 Å². The predicted molar refractivity (Wildman–Crippen MR) is 75.2 cm³/mol. The van der Waals surface area contributed by atoms with Crippen molar-refractivity contribution in [3.63, 3.8) is 0 Å². The number of nitro groups is 1. The van der Waals surface area contributed by atoms with E-state index in [1.165, 1.54) is 19.2 Å². The Morgan fingerprint density at radius 2 is 2.15 bits per heavy atom. The predicted octanol–water partition coefficient (Wildman–Crippen LogP) is 2.27. The van der Waals surface area contributed by atoms with Crippen LogP contribution in [-0.4, -0.2) is 24.0 Å². The smallest absolute Gasteiger partial charge is 0.322 e. The van der Waals surface area contributed by atoms with Crippen molar-refractivity contribution in [2.45, 2.75) is 32.9 Å². The maximum absolute atomic E-state index is 11.7. The van der Waals surface area contributed by atoms with E-state index in [1.807, 2.05) is 13.8 Å². The van der Waals surface area contributed by atoms with Gasteiger partial charge in [-0.1, -0.05) is 26.0 Å². The highest BCUT2D eigenvalue weighted by atomic mass is 16.6. The lowest BCUT2D eigenvalue weighted by atomic mass is 10.0. The molecule has 0 amide bonds. The average Bonchev–Trinajstić information content (AvgIpc) is 2.42. The zero-order valence-electron chi connectivity index (χ0n) is 12.0. The highest BCUT2D eigenvalue weighted by Crippen LogP contribution is 2.14. The third-order valence-electron chi connectivity index (χ3n) is 2.87. The molecule has 20 heavy (non-hydrogen) atoms. The highest BCUT2D eigenvalue weighted by Gasteiger charge is 2.19. The number of nitrogens with one attached hydrogen (secondary N) is 1. The number of benzene rings is 1. The van der Waals surface area contributed by atoms with Crippen LogP contribution in [0.1, 0.15) is 25.8 Å². The van der Waals surface area contributed by atoms with Crippen LogP contribution in [0.25, 0.3) is 0 Å². The standard InChI is InChI=1S/C14H20N2O4/c1-10(2)7-13(14(17)20-3)15-9-11-5-4-6-12(8-11)16(18)19/h4-6,8,10,13,15H,7,9H2,1-3H3. The van der Waals surface area contributed by atoms with Gasteiger partial charge in [0.2, 0.25) is 0 Å². The molecule has 1 unspecified atom stereocenters. The molecule has 0 heterocycles. The van der Waals surface area contributed by atoms with Crippen molar-refractivity contribution in [3.05, 3.63) is 39.9 Å². The maximum atomic E-state index is 11.7. The van der Waals surface area contributed by atoms with Crippen molar-refractivity contribution in [2.75, 3.05) is 7.11 Å². The Labute approximate surface area is 118 Å². The number of carbonyl (C=O) groups excluding carboxylic acids is 1. The third-order valence-corrected chi connectivity index (χ3v) is 2.87. The Hall–Kier alpha value is -1.95. The van der Waals surface area contributed by atoms with Gasteiger partial charge in [0.05, 0.1) is 12.0 Å². The lowest BCUT2D eigenvalue weighted by Crippen LogP contribution is -2.38. The molecule has 0 aliphatic rings. The van der Waals surface area contributed by atoms with Crippen LogP contribution in [0.3, 0.4) is 0 Å². The van der Waals surface area contributed by atoms with Gasteiger partial charge in [-0.2, -0.15) is 0 Å². The van der Waals surface area contributed by atoms with Gasteiger partial charge >= 0.3 is 5.97 Å². The number of esters is 1. The second kappa shape index (κ2) is 7.59. The molecular weight excluding hydrogens is 260 g/mol. The molecule has 1 aromatic rings. The van der Waals surface area contributed by atoms with Crippen molar-refractivity contribution in [1.29, 1.82) is 0 Å². The minimum atomic E-state index is -0.435. The zero-order chi connectivity index (χ0) is 15.1. The van der Waals surface area contributed by atoms with Crippen molar-refractivity contribution < 1.29 is 14.5 Å². The molecule has 1 aromatic carbocycles. The first-order valence-electron chi connectivity index (χ1n) is 6.48. The largest absolute Gasteiger partial charge is 0.468 e. The summed E-state index contributed by atoms with van der Waals surface area (Å²) in [6.45, 7) is 4.42. The lowest BCUT2D eigenvalue weighted by Gasteiger charge is -2.18. The second-order valence-electron chi connectivity index (χ2n) is 5.01. The number of hydrogen-bond donors (Lipinski definition) is 1. The number of nitrogens with zero attached hydrogens (tertiary/aromatic N) is 1. The van der Waals surface area contributed by atoms with Crippen LogP contribution in [0.2, 0.25) is 0 Å². The summed E-state index contributed by atoms with van der Waals surface area (Å²) >= 11 is 0. The molecule has 0 aromatic heterocycles. The van der Waals surface area contributed by atoms with E-state index in [0.717, 1.165) is 5.56 Å². The van der Waals surface area contributed by atoms with Gasteiger partial charge in [0.1, 0.15) is 6.04 Å². The lowest BCUT2D eigenvalue weighted by molar-refractivity contribution is -0.384. The van der Waals surface area contributed by atoms with E-state index < -0.39 is 11.0 Å². The molecule has 0 fully saturated rings. The Morgan fingerprint density at radius 3 is 2.70 bits per heavy atom. The van der Waals surface area contributed by atoms with E-state index in [4.69, 9.17) is 4.74 Å². The molecule has 110 valence electrons. The number of rotatable bonds is 7. The van der Waals surface area contributed by atoms with Gasteiger partial charge in [0.15, 0.2) is 0 Å². The molecule has 0 radical (unpaired) electrons. The Bertz CT molecular complexity index is 474. The van der Waals surface area contributed by atoms with Gasteiger partial charge in [0.25, 0.3) is 5.69 Å². The van der Waals surface area contributed by atoms with E-state index in [1.54, 1.807) is 12.1 Å². The molecule has 0 spiro atoms. The van der Waals surface area contributed by atoms with Crippen LogP contribution < -0.4 is 5.32 Å². The van der Waals surface area contributed by atoms with Gasteiger partial charge in [-0.3, -0.25) is 14.9 Å². The summed E-state index contributed by atoms with van der Waals surface area (Å²) in [5, 5.41) is 13.8. The monoisotopic (exact) mass is 280 g/mol. The topological polar surface area (TPSA) is 81.5 Å². The van der Waals surface area contributed by atoms with E-state index in [2.05, 4.69) is 5.32 Å². The first-order chi connectivity index (χ1) is 9.43. The molecule has 0 saturated heterocycles. The van der Waals surface area contributed by atoms with Crippen LogP contribution in [0.5, 0.6) is 0 Å². The summed E-state index contributed by atoms with van der Waals surface area (Å²) in [6, 6.07) is 5.94. The molecule has 0 bridgehead atoms. The van der Waals surface area contributed by atoms with Gasteiger partial charge in [-0.25, -0.2) is 0 Å². The number of methoxy groups -OCH3 is 1. The van der Waals surface area contributed by atoms with Crippen LogP contribution in [0.4, 0.5) is 5.69 Å². The fourth-order valence-corrected chi connectivity index (χ4v) is 1.90. The number of hydrogen-bond acceptors (Lipinski definition) is 5. The van der Waals surface area contributed by atoms with E-state index in [9.17, 15) is 14.9 Å². The first-order valence-corrected chi connectivity index (χ1v) is 6.48. The molecule has 0 saturated carbocycles. The van der Waals surface area contributed by atoms with Crippen LogP contribution >= 0.6 is 0 Å². The average molecular weight is 280 g/mol. The molecule has 6 nitrogen and oxygen atoms in total. The summed E-state index contributed by atoms with van der Waals surface area (Å²) in [6.07, 6.45) is 0.654. The van der Waals surface area contributed by atoms with E-state index >= 15 is 0 Å². The van der Waals surface area contributed by atoms with Gasteiger partial charge < -0.3 is 10.1 Å². The molecule has 0 aliphatic heterocycles. The number of carbonyl (C=O) groups is 1. The van der Waals surface area contributed by atoms with Gasteiger partial charge in [-0.15, -0.1) is 0 Å².